The molecule has 1 atom stereocenters. The van der Waals surface area contributed by atoms with Crippen LogP contribution in [0.4, 0.5) is 0 Å². The molecule has 29 heavy (non-hydrogen) atoms. The van der Waals surface area contributed by atoms with Crippen LogP contribution in [0.15, 0.2) is 10.9 Å². The quantitative estimate of drug-likeness (QED) is 0.793. The van der Waals surface area contributed by atoms with Crippen LogP contribution in [-0.4, -0.2) is 53.3 Å². The van der Waals surface area contributed by atoms with E-state index >= 15 is 0 Å². The summed E-state index contributed by atoms with van der Waals surface area (Å²) in [7, 11) is 0. The number of ether oxygens (including phenoxy) is 1. The number of carbonyl (C=O) groups excluding carboxylic acids is 1. The van der Waals surface area contributed by atoms with Gasteiger partial charge in [0.25, 0.3) is 5.91 Å². The summed E-state index contributed by atoms with van der Waals surface area (Å²) in [6.07, 6.45) is 6.05. The van der Waals surface area contributed by atoms with Crippen LogP contribution in [0.2, 0.25) is 0 Å². The van der Waals surface area contributed by atoms with Crippen molar-refractivity contribution in [1.82, 2.24) is 14.8 Å². The first-order valence-corrected chi connectivity index (χ1v) is 11.2. The molecule has 1 amide bonds. The summed E-state index contributed by atoms with van der Waals surface area (Å²) in [5, 5.41) is 3.12. The number of hydrogen-bond acceptors (Lipinski definition) is 4. The molecule has 2 fully saturated rings. The number of hydrogen-bond donors (Lipinski definition) is 1. The highest BCUT2D eigenvalue weighted by molar-refractivity contribution is 5.95. The van der Waals surface area contributed by atoms with Crippen molar-refractivity contribution in [2.75, 3.05) is 26.2 Å². The van der Waals surface area contributed by atoms with Crippen molar-refractivity contribution < 1.29 is 9.53 Å². The highest BCUT2D eigenvalue weighted by Crippen LogP contribution is 2.24. The van der Waals surface area contributed by atoms with Gasteiger partial charge in [-0.25, -0.2) is 0 Å². The summed E-state index contributed by atoms with van der Waals surface area (Å²) < 4.78 is 7.93. The monoisotopic (exact) mass is 403 g/mol. The predicted octanol–water partition coefficient (Wildman–Crippen LogP) is 2.89. The fourth-order valence-corrected chi connectivity index (χ4v) is 4.79. The Morgan fingerprint density at radius 3 is 2.62 bits per heavy atom. The molecule has 3 rings (SSSR count). The minimum atomic E-state index is -0.244. The molecule has 0 spiro atoms. The van der Waals surface area contributed by atoms with Crippen molar-refractivity contribution in [2.45, 2.75) is 84.4 Å². The number of aryl methyl sites for hydroxylation is 1. The number of nitrogens with one attached hydrogen (secondary N) is 1. The highest BCUT2D eigenvalue weighted by Gasteiger charge is 2.31. The Kier molecular flexibility index (Phi) is 7.17. The molecule has 1 unspecified atom stereocenters. The van der Waals surface area contributed by atoms with Crippen LogP contribution in [0, 0.1) is 6.92 Å². The Hall–Kier alpha value is -1.66. The fourth-order valence-electron chi connectivity index (χ4n) is 4.79. The molecular formula is C23H37N3O3. The normalized spacial score (nSPS) is 22.4. The van der Waals surface area contributed by atoms with E-state index in [1.165, 1.54) is 19.3 Å². The van der Waals surface area contributed by atoms with E-state index in [4.69, 9.17) is 4.74 Å². The zero-order valence-corrected chi connectivity index (χ0v) is 18.6. The van der Waals surface area contributed by atoms with Gasteiger partial charge >= 0.3 is 0 Å². The highest BCUT2D eigenvalue weighted by atomic mass is 16.5. The van der Waals surface area contributed by atoms with Crippen molar-refractivity contribution in [1.29, 1.82) is 0 Å². The van der Waals surface area contributed by atoms with Crippen LogP contribution in [0.3, 0.4) is 0 Å². The molecule has 1 aromatic rings. The Bertz CT molecular complexity index is 778. The lowest BCUT2D eigenvalue weighted by Crippen LogP contribution is -2.47. The zero-order chi connectivity index (χ0) is 21.0. The second-order valence-corrected chi connectivity index (χ2v) is 9.15. The van der Waals surface area contributed by atoms with Crippen molar-refractivity contribution in [3.05, 3.63) is 33.2 Å². The van der Waals surface area contributed by atoms with E-state index in [1.54, 1.807) is 6.07 Å². The smallest absolute Gasteiger partial charge is 0.257 e. The molecule has 2 saturated heterocycles. The molecule has 162 valence electrons. The average Bonchev–Trinajstić information content (AvgIpc) is 2.66. The van der Waals surface area contributed by atoms with E-state index in [-0.39, 0.29) is 23.0 Å². The lowest BCUT2D eigenvalue weighted by molar-refractivity contribution is -0.0615. The number of likely N-dealkylation sites (tertiary alicyclic amines) is 1. The number of pyridine rings is 1. The third kappa shape index (κ3) is 5.48. The number of rotatable bonds is 6. The largest absolute Gasteiger partial charge is 0.375 e. The van der Waals surface area contributed by atoms with Gasteiger partial charge in [-0.15, -0.1) is 0 Å². The summed E-state index contributed by atoms with van der Waals surface area (Å²) in [6.45, 7) is 12.8. The van der Waals surface area contributed by atoms with Gasteiger partial charge in [0.1, 0.15) is 5.56 Å². The summed E-state index contributed by atoms with van der Waals surface area (Å²) in [5.41, 5.74) is 1.70. The summed E-state index contributed by atoms with van der Waals surface area (Å²) in [5.74, 6) is -0.235. The molecule has 0 saturated carbocycles. The fraction of sp³-hybridized carbons (Fsp3) is 0.739. The number of amides is 1. The molecule has 0 radical (unpaired) electrons. The molecule has 3 heterocycles. The third-order valence-electron chi connectivity index (χ3n) is 6.31. The predicted molar refractivity (Wildman–Crippen MR) is 116 cm³/mol. The van der Waals surface area contributed by atoms with Gasteiger partial charge in [-0.1, -0.05) is 13.3 Å². The minimum Gasteiger partial charge on any atom is -0.375 e. The number of aromatic nitrogens is 1. The molecule has 6 heteroatoms. The van der Waals surface area contributed by atoms with Crippen LogP contribution < -0.4 is 10.7 Å². The average molecular weight is 404 g/mol. The first kappa shape index (κ1) is 22.0. The van der Waals surface area contributed by atoms with Crippen LogP contribution in [-0.2, 0) is 17.7 Å². The molecule has 1 N–H and O–H groups in total. The van der Waals surface area contributed by atoms with E-state index in [1.807, 2.05) is 27.7 Å². The van der Waals surface area contributed by atoms with Crippen LogP contribution in [0.25, 0.3) is 0 Å². The Morgan fingerprint density at radius 1 is 1.24 bits per heavy atom. The molecule has 1 aromatic heterocycles. The minimum absolute atomic E-state index is 0.0402. The summed E-state index contributed by atoms with van der Waals surface area (Å²) >= 11 is 0. The van der Waals surface area contributed by atoms with Crippen LogP contribution >= 0.6 is 0 Å². The standard InChI is InChI=1S/C23H37N3O3/c1-5-19-21(22(28)24-18-9-14-29-23(3,4)16-18)20(27)15-17(2)26(19)13-12-25-10-7-6-8-11-25/h15,18H,5-14,16H2,1-4H3,(H,24,28). The van der Waals surface area contributed by atoms with E-state index in [9.17, 15) is 9.59 Å². The molecular weight excluding hydrogens is 366 g/mol. The molecule has 6 nitrogen and oxygen atoms in total. The Balaban J connectivity index is 1.79. The van der Waals surface area contributed by atoms with Gasteiger partial charge in [0, 0.05) is 43.2 Å². The number of piperidine rings is 1. The lowest BCUT2D eigenvalue weighted by atomic mass is 9.93. The zero-order valence-electron chi connectivity index (χ0n) is 18.6. The maximum atomic E-state index is 13.1. The van der Waals surface area contributed by atoms with E-state index in [2.05, 4.69) is 14.8 Å². The van der Waals surface area contributed by atoms with Gasteiger partial charge in [-0.2, -0.15) is 0 Å². The first-order valence-electron chi connectivity index (χ1n) is 11.2. The van der Waals surface area contributed by atoms with E-state index < -0.39 is 0 Å². The molecule has 0 aromatic carbocycles. The SMILES string of the molecule is CCc1c(C(=O)NC2CCOC(C)(C)C2)c(=O)cc(C)n1CCN1CCCCC1. The second kappa shape index (κ2) is 9.43. The van der Waals surface area contributed by atoms with Gasteiger partial charge in [0.2, 0.25) is 0 Å². The lowest BCUT2D eigenvalue weighted by Gasteiger charge is -2.36. The van der Waals surface area contributed by atoms with Crippen molar-refractivity contribution in [3.63, 3.8) is 0 Å². The van der Waals surface area contributed by atoms with Gasteiger partial charge < -0.3 is 19.5 Å². The number of carbonyl (C=O) groups is 1. The van der Waals surface area contributed by atoms with Gasteiger partial charge in [-0.3, -0.25) is 9.59 Å². The topological polar surface area (TPSA) is 63.6 Å². The maximum Gasteiger partial charge on any atom is 0.257 e. The van der Waals surface area contributed by atoms with E-state index in [0.29, 0.717) is 18.6 Å². The maximum absolute atomic E-state index is 13.1. The second-order valence-electron chi connectivity index (χ2n) is 9.15. The molecule has 0 aliphatic carbocycles. The Morgan fingerprint density at radius 2 is 1.97 bits per heavy atom. The summed E-state index contributed by atoms with van der Waals surface area (Å²) in [6, 6.07) is 1.66. The molecule has 0 bridgehead atoms. The van der Waals surface area contributed by atoms with Crippen molar-refractivity contribution >= 4 is 5.91 Å². The first-order chi connectivity index (χ1) is 13.8. The van der Waals surface area contributed by atoms with Gasteiger partial charge in [0.15, 0.2) is 5.43 Å². The van der Waals surface area contributed by atoms with Crippen LogP contribution in [0.1, 0.15) is 74.6 Å². The van der Waals surface area contributed by atoms with Gasteiger partial charge in [0.05, 0.1) is 5.60 Å². The van der Waals surface area contributed by atoms with Gasteiger partial charge in [-0.05, 0) is 66.0 Å². The van der Waals surface area contributed by atoms with Crippen molar-refractivity contribution in [3.8, 4) is 0 Å². The molecule has 2 aliphatic rings. The Labute approximate surface area is 174 Å². The van der Waals surface area contributed by atoms with Crippen molar-refractivity contribution in [2.24, 2.45) is 0 Å². The van der Waals surface area contributed by atoms with E-state index in [0.717, 1.165) is 50.4 Å². The summed E-state index contributed by atoms with van der Waals surface area (Å²) in [4.78, 5) is 28.4. The van der Waals surface area contributed by atoms with Crippen LogP contribution in [0.5, 0.6) is 0 Å². The number of nitrogens with zero attached hydrogens (tertiary/aromatic N) is 2. The third-order valence-corrected chi connectivity index (χ3v) is 6.31. The molecule has 2 aliphatic heterocycles.